The van der Waals surface area contributed by atoms with E-state index < -0.39 is 18.8 Å². The maximum atomic E-state index is 10.8. The van der Waals surface area contributed by atoms with Crippen molar-refractivity contribution in [1.82, 2.24) is 0 Å². The van der Waals surface area contributed by atoms with Crippen molar-refractivity contribution in [2.24, 2.45) is 0 Å². The van der Waals surface area contributed by atoms with Crippen molar-refractivity contribution in [2.75, 3.05) is 0 Å². The van der Waals surface area contributed by atoms with Crippen LogP contribution in [-0.4, -0.2) is 22.6 Å². The molecule has 2 aromatic carbocycles. The highest BCUT2D eigenvalue weighted by Gasteiger charge is 2.43. The van der Waals surface area contributed by atoms with Crippen molar-refractivity contribution in [3.8, 4) is 11.5 Å². The third-order valence-electron chi connectivity index (χ3n) is 1.91. The van der Waals surface area contributed by atoms with Gasteiger partial charge in [0.05, 0.1) is 0 Å². The van der Waals surface area contributed by atoms with Crippen molar-refractivity contribution < 1.29 is 36.6 Å². The fourth-order valence-corrected chi connectivity index (χ4v) is 1.08. The number of hydrogen-bond acceptors (Lipinski definition) is 2. The molecule has 0 fully saturated rings. The van der Waals surface area contributed by atoms with E-state index in [9.17, 15) is 26.3 Å². The van der Waals surface area contributed by atoms with Gasteiger partial charge >= 0.3 is 12.4 Å². The maximum Gasteiger partial charge on any atom is 0.397 e. The lowest BCUT2D eigenvalue weighted by molar-refractivity contribution is -0.232. The highest BCUT2D eigenvalue weighted by molar-refractivity contribution is 5.19. The van der Waals surface area contributed by atoms with Crippen LogP contribution in [0.5, 0.6) is 11.5 Å². The Morgan fingerprint density at radius 1 is 0.565 bits per heavy atom. The van der Waals surface area contributed by atoms with Gasteiger partial charge in [-0.3, -0.25) is 0 Å². The molecule has 2 aromatic rings. The fourth-order valence-electron chi connectivity index (χ4n) is 1.08. The summed E-state index contributed by atoms with van der Waals surface area (Å²) in [4.78, 5) is 0. The molecule has 0 unspecified atom stereocenters. The summed E-state index contributed by atoms with van der Waals surface area (Å²) >= 11 is 0. The van der Waals surface area contributed by atoms with Crippen molar-refractivity contribution in [1.29, 1.82) is 0 Å². The quantitative estimate of drug-likeness (QED) is 0.640. The zero-order chi connectivity index (χ0) is 17.9. The van der Waals surface area contributed by atoms with Crippen LogP contribution in [0.1, 0.15) is 6.42 Å². The summed E-state index contributed by atoms with van der Waals surface area (Å²) in [6, 6.07) is 17.4. The van der Waals surface area contributed by atoms with E-state index in [0.717, 1.165) is 0 Å². The number of phenols is 2. The SMILES string of the molecule is FC(F)(F)CC(F)(F)F.Oc1ccccc1.Oc1ccccc1. The zero-order valence-electron chi connectivity index (χ0n) is 11.6. The van der Waals surface area contributed by atoms with Crippen molar-refractivity contribution in [3.05, 3.63) is 60.7 Å². The third-order valence-corrected chi connectivity index (χ3v) is 1.91. The molecule has 0 bridgehead atoms. The molecule has 0 saturated heterocycles. The Morgan fingerprint density at radius 3 is 0.913 bits per heavy atom. The first-order valence-corrected chi connectivity index (χ1v) is 6.11. The lowest BCUT2D eigenvalue weighted by Gasteiger charge is -2.08. The van der Waals surface area contributed by atoms with Crippen LogP contribution < -0.4 is 0 Å². The van der Waals surface area contributed by atoms with Gasteiger partial charge in [-0.15, -0.1) is 0 Å². The minimum atomic E-state index is -5.14. The molecule has 0 saturated carbocycles. The summed E-state index contributed by atoms with van der Waals surface area (Å²) < 4.78 is 65.0. The molecule has 2 N–H and O–H groups in total. The summed E-state index contributed by atoms with van der Waals surface area (Å²) in [6.45, 7) is 0. The highest BCUT2D eigenvalue weighted by Crippen LogP contribution is 2.31. The number of aromatic hydroxyl groups is 2. The van der Waals surface area contributed by atoms with E-state index in [0.29, 0.717) is 11.5 Å². The molecule has 0 aliphatic heterocycles. The summed E-state index contributed by atoms with van der Waals surface area (Å²) in [5.74, 6) is 0.644. The van der Waals surface area contributed by atoms with Gasteiger partial charge < -0.3 is 10.2 Å². The summed E-state index contributed by atoms with van der Waals surface area (Å²) in [7, 11) is 0. The average Bonchev–Trinajstić information content (AvgIpc) is 2.37. The van der Waals surface area contributed by atoms with Gasteiger partial charge in [0.2, 0.25) is 0 Å². The zero-order valence-corrected chi connectivity index (χ0v) is 11.6. The first-order valence-electron chi connectivity index (χ1n) is 6.11. The largest absolute Gasteiger partial charge is 0.508 e. The lowest BCUT2D eigenvalue weighted by atomic mass is 10.3. The standard InChI is InChI=1S/2C6H6O.C3H2F6/c2*7-6-4-2-1-3-5-6;4-2(5,6)1-3(7,8)9/h2*1-5,7H;1H2. The normalized spacial score (nSPS) is 10.7. The van der Waals surface area contributed by atoms with Crippen LogP contribution in [0.2, 0.25) is 0 Å². The number of benzene rings is 2. The van der Waals surface area contributed by atoms with E-state index in [-0.39, 0.29) is 0 Å². The topological polar surface area (TPSA) is 40.5 Å². The summed E-state index contributed by atoms with van der Waals surface area (Å²) in [5, 5.41) is 17.3. The first-order chi connectivity index (χ1) is 10.5. The predicted octanol–water partition coefficient (Wildman–Crippen LogP) is 5.29. The minimum absolute atomic E-state index is 0.322. The Kier molecular flexibility index (Phi) is 8.61. The van der Waals surface area contributed by atoms with Gasteiger partial charge in [-0.05, 0) is 24.3 Å². The second-order valence-corrected chi connectivity index (χ2v) is 4.08. The molecule has 128 valence electrons. The molecule has 2 nitrogen and oxygen atoms in total. The van der Waals surface area contributed by atoms with Crippen LogP contribution >= 0.6 is 0 Å². The molecule has 8 heteroatoms. The first kappa shape index (κ1) is 20.6. The van der Waals surface area contributed by atoms with Crippen LogP contribution in [0, 0.1) is 0 Å². The minimum Gasteiger partial charge on any atom is -0.508 e. The van der Waals surface area contributed by atoms with Gasteiger partial charge in [0.15, 0.2) is 0 Å². The number of para-hydroxylation sites is 2. The molecule has 0 aromatic heterocycles. The molecular weight excluding hydrogens is 326 g/mol. The molecule has 0 amide bonds. The van der Waals surface area contributed by atoms with E-state index in [1.54, 1.807) is 48.5 Å². The van der Waals surface area contributed by atoms with E-state index >= 15 is 0 Å². The predicted molar refractivity (Wildman–Crippen MR) is 72.9 cm³/mol. The lowest BCUT2D eigenvalue weighted by Crippen LogP contribution is -2.20. The Balaban J connectivity index is 0.000000318. The van der Waals surface area contributed by atoms with Crippen LogP contribution in [0.25, 0.3) is 0 Å². The summed E-state index contributed by atoms with van der Waals surface area (Å²) in [5.41, 5.74) is 0. The molecule has 0 aliphatic rings. The van der Waals surface area contributed by atoms with Gasteiger partial charge in [-0.1, -0.05) is 36.4 Å². The average molecular weight is 340 g/mol. The number of alkyl halides is 6. The third kappa shape index (κ3) is 15.8. The Hall–Kier alpha value is -2.38. The summed E-state index contributed by atoms with van der Waals surface area (Å²) in [6.07, 6.45) is -13.0. The van der Waals surface area contributed by atoms with E-state index in [1.807, 2.05) is 12.1 Å². The van der Waals surface area contributed by atoms with Gasteiger partial charge in [0, 0.05) is 0 Å². The van der Waals surface area contributed by atoms with Gasteiger partial charge in [0.25, 0.3) is 0 Å². The van der Waals surface area contributed by atoms with Crippen LogP contribution in [0.15, 0.2) is 60.7 Å². The number of halogens is 6. The van der Waals surface area contributed by atoms with Crippen LogP contribution in [-0.2, 0) is 0 Å². The Labute approximate surface area is 128 Å². The number of hydrogen-bond donors (Lipinski definition) is 2. The van der Waals surface area contributed by atoms with Crippen molar-refractivity contribution in [3.63, 3.8) is 0 Å². The van der Waals surface area contributed by atoms with Gasteiger partial charge in [-0.2, -0.15) is 26.3 Å². The molecule has 0 aliphatic carbocycles. The fraction of sp³-hybridized carbons (Fsp3) is 0.200. The van der Waals surface area contributed by atoms with E-state index in [1.165, 1.54) is 0 Å². The van der Waals surface area contributed by atoms with Gasteiger partial charge in [-0.25, -0.2) is 0 Å². The smallest absolute Gasteiger partial charge is 0.397 e. The molecule has 2 rings (SSSR count). The van der Waals surface area contributed by atoms with Crippen LogP contribution in [0.4, 0.5) is 26.3 Å². The highest BCUT2D eigenvalue weighted by atomic mass is 19.4. The van der Waals surface area contributed by atoms with E-state index in [2.05, 4.69) is 0 Å². The molecule has 0 heterocycles. The Morgan fingerprint density at radius 2 is 0.826 bits per heavy atom. The van der Waals surface area contributed by atoms with Crippen molar-refractivity contribution >= 4 is 0 Å². The number of rotatable bonds is 0. The van der Waals surface area contributed by atoms with Crippen molar-refractivity contribution in [2.45, 2.75) is 18.8 Å². The monoisotopic (exact) mass is 340 g/mol. The van der Waals surface area contributed by atoms with Gasteiger partial charge in [0.1, 0.15) is 17.9 Å². The van der Waals surface area contributed by atoms with E-state index in [4.69, 9.17) is 10.2 Å². The molecule has 0 spiro atoms. The molecule has 23 heavy (non-hydrogen) atoms. The number of phenolic OH excluding ortho intramolecular Hbond substituents is 2. The molecule has 0 atom stereocenters. The Bertz CT molecular complexity index is 474. The van der Waals surface area contributed by atoms with Crippen LogP contribution in [0.3, 0.4) is 0 Å². The molecule has 0 radical (unpaired) electrons. The second-order valence-electron chi connectivity index (χ2n) is 4.08. The second kappa shape index (κ2) is 9.60. The molecular formula is C15H14F6O2. The maximum absolute atomic E-state index is 10.8.